The number of alkyl halides is 3. The van der Waals surface area contributed by atoms with Crippen molar-refractivity contribution >= 4 is 5.69 Å². The minimum absolute atomic E-state index is 0.375. The smallest absolute Gasteiger partial charge is 0.416 e. The molecule has 0 bridgehead atoms. The molecule has 0 saturated heterocycles. The second-order valence-corrected chi connectivity index (χ2v) is 4.62. The lowest BCUT2D eigenvalue weighted by molar-refractivity contribution is -0.137. The van der Waals surface area contributed by atoms with E-state index in [1.165, 1.54) is 6.07 Å². The molecule has 2 aromatic carbocycles. The van der Waals surface area contributed by atoms with E-state index < -0.39 is 11.7 Å². The van der Waals surface area contributed by atoms with Crippen molar-refractivity contribution in [2.45, 2.75) is 13.1 Å². The minimum atomic E-state index is -4.33. The average molecular weight is 295 g/mol. The summed E-state index contributed by atoms with van der Waals surface area (Å²) in [7, 11) is 0. The number of para-hydroxylation sites is 1. The Labute approximate surface area is 121 Å². The van der Waals surface area contributed by atoms with Crippen LogP contribution < -0.4 is 10.1 Å². The van der Waals surface area contributed by atoms with E-state index >= 15 is 0 Å². The SMILES string of the molecule is Cc1ccc(C(F)(F)F)cc1NCCOc1ccccc1. The Morgan fingerprint density at radius 3 is 2.43 bits per heavy atom. The number of rotatable bonds is 5. The van der Waals surface area contributed by atoms with Crippen LogP contribution in [0.2, 0.25) is 0 Å². The van der Waals surface area contributed by atoms with Crippen LogP contribution in [-0.4, -0.2) is 13.2 Å². The molecule has 0 aromatic heterocycles. The zero-order chi connectivity index (χ0) is 15.3. The predicted molar refractivity (Wildman–Crippen MR) is 76.6 cm³/mol. The zero-order valence-corrected chi connectivity index (χ0v) is 11.6. The summed E-state index contributed by atoms with van der Waals surface area (Å²) in [5.41, 5.74) is 0.587. The standard InChI is InChI=1S/C16H16F3NO/c1-12-7-8-13(16(17,18)19)11-15(12)20-9-10-21-14-5-3-2-4-6-14/h2-8,11,20H,9-10H2,1H3. The molecule has 21 heavy (non-hydrogen) atoms. The fourth-order valence-electron chi connectivity index (χ4n) is 1.86. The van der Waals surface area contributed by atoms with Gasteiger partial charge in [0, 0.05) is 12.2 Å². The second-order valence-electron chi connectivity index (χ2n) is 4.62. The van der Waals surface area contributed by atoms with Gasteiger partial charge in [-0.25, -0.2) is 0 Å². The molecular weight excluding hydrogens is 279 g/mol. The van der Waals surface area contributed by atoms with Crippen molar-refractivity contribution in [3.8, 4) is 5.75 Å². The number of benzene rings is 2. The third-order valence-electron chi connectivity index (χ3n) is 2.99. The summed E-state index contributed by atoms with van der Waals surface area (Å²) in [6.07, 6.45) is -4.33. The van der Waals surface area contributed by atoms with Gasteiger partial charge in [-0.3, -0.25) is 0 Å². The van der Waals surface area contributed by atoms with Crippen LogP contribution in [0.15, 0.2) is 48.5 Å². The maximum atomic E-state index is 12.7. The van der Waals surface area contributed by atoms with Crippen molar-refractivity contribution in [2.75, 3.05) is 18.5 Å². The van der Waals surface area contributed by atoms with E-state index in [0.717, 1.165) is 23.4 Å². The Balaban J connectivity index is 1.91. The van der Waals surface area contributed by atoms with Crippen LogP contribution in [-0.2, 0) is 6.18 Å². The summed E-state index contributed by atoms with van der Waals surface area (Å²) in [6.45, 7) is 2.57. The summed E-state index contributed by atoms with van der Waals surface area (Å²) >= 11 is 0. The molecule has 0 radical (unpaired) electrons. The molecule has 0 aliphatic carbocycles. The topological polar surface area (TPSA) is 21.3 Å². The third-order valence-corrected chi connectivity index (χ3v) is 2.99. The Kier molecular flexibility index (Phi) is 4.73. The molecule has 5 heteroatoms. The molecule has 0 amide bonds. The number of aryl methyl sites for hydroxylation is 1. The van der Waals surface area contributed by atoms with Gasteiger partial charge >= 0.3 is 6.18 Å². The summed E-state index contributed by atoms with van der Waals surface area (Å²) in [6, 6.07) is 12.9. The zero-order valence-electron chi connectivity index (χ0n) is 11.6. The molecule has 2 rings (SSSR count). The fourth-order valence-corrected chi connectivity index (χ4v) is 1.86. The number of ether oxygens (including phenoxy) is 1. The molecular formula is C16H16F3NO. The fraction of sp³-hybridized carbons (Fsp3) is 0.250. The highest BCUT2D eigenvalue weighted by molar-refractivity contribution is 5.53. The molecule has 2 aromatic rings. The molecule has 2 nitrogen and oxygen atoms in total. The third kappa shape index (κ3) is 4.41. The molecule has 0 heterocycles. The van der Waals surface area contributed by atoms with Crippen LogP contribution in [0.5, 0.6) is 5.75 Å². The van der Waals surface area contributed by atoms with Crippen molar-refractivity contribution < 1.29 is 17.9 Å². The van der Waals surface area contributed by atoms with Crippen molar-refractivity contribution in [1.82, 2.24) is 0 Å². The van der Waals surface area contributed by atoms with Gasteiger partial charge in [-0.2, -0.15) is 13.2 Å². The van der Waals surface area contributed by atoms with E-state index in [4.69, 9.17) is 4.74 Å². The Hall–Kier alpha value is -2.17. The quantitative estimate of drug-likeness (QED) is 0.820. The molecule has 112 valence electrons. The first-order valence-electron chi connectivity index (χ1n) is 6.56. The lowest BCUT2D eigenvalue weighted by Gasteiger charge is -2.13. The maximum absolute atomic E-state index is 12.7. The Bertz CT molecular complexity index is 582. The average Bonchev–Trinajstić information content (AvgIpc) is 2.45. The number of halogens is 3. The molecule has 0 spiro atoms. The van der Waals surface area contributed by atoms with E-state index in [1.54, 1.807) is 6.92 Å². The van der Waals surface area contributed by atoms with Crippen LogP contribution in [0.3, 0.4) is 0 Å². The maximum Gasteiger partial charge on any atom is 0.416 e. The van der Waals surface area contributed by atoms with E-state index in [2.05, 4.69) is 5.32 Å². The van der Waals surface area contributed by atoms with Gasteiger partial charge in [0.1, 0.15) is 12.4 Å². The van der Waals surface area contributed by atoms with Gasteiger partial charge in [-0.15, -0.1) is 0 Å². The predicted octanol–water partition coefficient (Wildman–Crippen LogP) is 4.50. The molecule has 0 atom stereocenters. The van der Waals surface area contributed by atoms with Gasteiger partial charge in [-0.05, 0) is 36.8 Å². The number of anilines is 1. The van der Waals surface area contributed by atoms with Gasteiger partial charge in [0.2, 0.25) is 0 Å². The number of nitrogens with one attached hydrogen (secondary N) is 1. The van der Waals surface area contributed by atoms with Crippen LogP contribution in [0.4, 0.5) is 18.9 Å². The Morgan fingerprint density at radius 1 is 1.05 bits per heavy atom. The van der Waals surface area contributed by atoms with E-state index in [1.807, 2.05) is 30.3 Å². The second kappa shape index (κ2) is 6.52. The van der Waals surface area contributed by atoms with Gasteiger partial charge in [-0.1, -0.05) is 24.3 Å². The van der Waals surface area contributed by atoms with Crippen LogP contribution >= 0.6 is 0 Å². The molecule has 0 fully saturated rings. The molecule has 1 N–H and O–H groups in total. The van der Waals surface area contributed by atoms with Crippen molar-refractivity contribution in [1.29, 1.82) is 0 Å². The number of hydrogen-bond donors (Lipinski definition) is 1. The summed E-state index contributed by atoms with van der Waals surface area (Å²) in [5.74, 6) is 0.736. The monoisotopic (exact) mass is 295 g/mol. The first kappa shape index (κ1) is 15.2. The number of hydrogen-bond acceptors (Lipinski definition) is 2. The first-order chi connectivity index (χ1) is 9.97. The lowest BCUT2D eigenvalue weighted by Crippen LogP contribution is -2.13. The summed E-state index contributed by atoms with van der Waals surface area (Å²) in [5, 5.41) is 2.97. The minimum Gasteiger partial charge on any atom is -0.492 e. The lowest BCUT2D eigenvalue weighted by atomic mass is 10.1. The van der Waals surface area contributed by atoms with E-state index in [9.17, 15) is 13.2 Å². The van der Waals surface area contributed by atoms with Crippen LogP contribution in [0, 0.1) is 6.92 Å². The van der Waals surface area contributed by atoms with Crippen molar-refractivity contribution in [3.05, 3.63) is 59.7 Å². The van der Waals surface area contributed by atoms with Crippen LogP contribution in [0.25, 0.3) is 0 Å². The molecule has 0 unspecified atom stereocenters. The Morgan fingerprint density at radius 2 is 1.76 bits per heavy atom. The molecule has 0 aliphatic heterocycles. The van der Waals surface area contributed by atoms with Crippen molar-refractivity contribution in [2.24, 2.45) is 0 Å². The van der Waals surface area contributed by atoms with E-state index in [0.29, 0.717) is 18.8 Å². The highest BCUT2D eigenvalue weighted by atomic mass is 19.4. The molecule has 0 aliphatic rings. The van der Waals surface area contributed by atoms with Gasteiger partial charge < -0.3 is 10.1 Å². The normalized spacial score (nSPS) is 11.2. The van der Waals surface area contributed by atoms with Gasteiger partial charge in [0.15, 0.2) is 0 Å². The summed E-state index contributed by atoms with van der Waals surface area (Å²) in [4.78, 5) is 0. The largest absolute Gasteiger partial charge is 0.492 e. The van der Waals surface area contributed by atoms with Gasteiger partial charge in [0.25, 0.3) is 0 Å². The first-order valence-corrected chi connectivity index (χ1v) is 6.56. The van der Waals surface area contributed by atoms with Crippen molar-refractivity contribution in [3.63, 3.8) is 0 Å². The highest BCUT2D eigenvalue weighted by Gasteiger charge is 2.30. The highest BCUT2D eigenvalue weighted by Crippen LogP contribution is 2.31. The summed E-state index contributed by atoms with van der Waals surface area (Å²) < 4.78 is 43.5. The van der Waals surface area contributed by atoms with Crippen LogP contribution in [0.1, 0.15) is 11.1 Å². The van der Waals surface area contributed by atoms with Gasteiger partial charge in [0.05, 0.1) is 5.56 Å². The van der Waals surface area contributed by atoms with E-state index in [-0.39, 0.29) is 0 Å². The molecule has 0 saturated carbocycles.